The van der Waals surface area contributed by atoms with E-state index < -0.39 is 26.5 Å². The first kappa shape index (κ1) is 19.9. The Morgan fingerprint density at radius 3 is 1.19 bits per heavy atom. The van der Waals surface area contributed by atoms with Crippen molar-refractivity contribution in [2.75, 3.05) is 0 Å². The van der Waals surface area contributed by atoms with Crippen LogP contribution in [0.4, 0.5) is 26.3 Å². The van der Waals surface area contributed by atoms with Crippen LogP contribution in [0.25, 0.3) is 0 Å². The molecule has 0 fully saturated rings. The van der Waals surface area contributed by atoms with E-state index in [1.807, 2.05) is 0 Å². The van der Waals surface area contributed by atoms with E-state index in [1.165, 1.54) is 24.3 Å². The molecule has 2 aromatic carbocycles. The first-order chi connectivity index (χ1) is 12.0. The van der Waals surface area contributed by atoms with E-state index in [0.717, 1.165) is 0 Å². The predicted octanol–water partition coefficient (Wildman–Crippen LogP) is 6.99. The zero-order chi connectivity index (χ0) is 19.2. The Balaban J connectivity index is 2.31. The van der Waals surface area contributed by atoms with Crippen molar-refractivity contribution in [1.82, 2.24) is 0 Å². The number of allylic oxidation sites excluding steroid dienone is 2. The van der Waals surface area contributed by atoms with Gasteiger partial charge in [0.2, 0.25) is 0 Å². The van der Waals surface area contributed by atoms with Gasteiger partial charge in [-0.3, -0.25) is 0 Å². The van der Waals surface area contributed by atoms with Crippen molar-refractivity contribution in [3.05, 3.63) is 70.5 Å². The van der Waals surface area contributed by atoms with Crippen molar-refractivity contribution >= 4 is 49.0 Å². The van der Waals surface area contributed by atoms with Crippen LogP contribution >= 0.6 is 38.4 Å². The second-order valence-corrected chi connectivity index (χ2v) is 18.7. The van der Waals surface area contributed by atoms with E-state index in [1.54, 1.807) is 36.4 Å². The second-order valence-electron chi connectivity index (χ2n) is 5.37. The number of hydrogen-bond acceptors (Lipinski definition) is 2. The number of rotatable bonds is 2. The first-order valence-electron chi connectivity index (χ1n) is 7.09. The van der Waals surface area contributed by atoms with Crippen LogP contribution in [0.5, 0.6) is 0 Å². The molecule has 0 aliphatic carbocycles. The van der Waals surface area contributed by atoms with E-state index in [2.05, 4.69) is 0 Å². The standard InChI is InChI=1S/C16H10ClF6PS2/c17-24(11-7-3-1-4-8-11,12-9-5-2-6-10-12)25-13(15(18,19)20)14(26-24)16(21,22)23/h1-10H. The molecule has 1 aliphatic rings. The summed E-state index contributed by atoms with van der Waals surface area (Å²) in [6.45, 7) is 0. The molecule has 2 aromatic rings. The van der Waals surface area contributed by atoms with Gasteiger partial charge in [0.05, 0.1) is 0 Å². The normalized spacial score (nSPS) is 21.3. The Morgan fingerprint density at radius 2 is 0.923 bits per heavy atom. The van der Waals surface area contributed by atoms with Gasteiger partial charge in [0.1, 0.15) is 0 Å². The molecule has 0 amide bonds. The molecule has 26 heavy (non-hydrogen) atoms. The summed E-state index contributed by atoms with van der Waals surface area (Å²) in [6, 6.07) is 15.4. The minimum absolute atomic E-state index is 0.102. The van der Waals surface area contributed by atoms with Crippen LogP contribution in [0.3, 0.4) is 0 Å². The summed E-state index contributed by atoms with van der Waals surface area (Å²) >= 11 is 7.10. The Morgan fingerprint density at radius 1 is 0.615 bits per heavy atom. The quantitative estimate of drug-likeness (QED) is 0.360. The van der Waals surface area contributed by atoms with E-state index >= 15 is 0 Å². The molecule has 3 rings (SSSR count). The van der Waals surface area contributed by atoms with Crippen LogP contribution in [0.15, 0.2) is 70.5 Å². The predicted molar refractivity (Wildman–Crippen MR) is 99.2 cm³/mol. The van der Waals surface area contributed by atoms with E-state index in [4.69, 9.17) is 11.2 Å². The van der Waals surface area contributed by atoms with Gasteiger partial charge >= 0.3 is 158 Å². The molecule has 0 nitrogen and oxygen atoms in total. The summed E-state index contributed by atoms with van der Waals surface area (Å²) in [5.41, 5.74) is 0. The van der Waals surface area contributed by atoms with Gasteiger partial charge in [-0.05, 0) is 0 Å². The summed E-state index contributed by atoms with van der Waals surface area (Å²) in [5.74, 6) is 0. The first-order valence-corrected chi connectivity index (χ1v) is 13.1. The van der Waals surface area contributed by atoms with Gasteiger partial charge in [0.25, 0.3) is 0 Å². The molecule has 0 N–H and O–H groups in total. The van der Waals surface area contributed by atoms with Crippen LogP contribution in [0, 0.1) is 0 Å². The van der Waals surface area contributed by atoms with Crippen molar-refractivity contribution in [3.8, 4) is 0 Å². The SMILES string of the molecule is FC(F)(F)C1=C(C(F)(F)F)SP(Cl)(c2ccccc2)(c2ccccc2)S1. The minimum atomic E-state index is -5.15. The molecule has 140 valence electrons. The molecule has 0 aromatic heterocycles. The third-order valence-corrected chi connectivity index (χ3v) is 17.3. The maximum atomic E-state index is 13.5. The van der Waals surface area contributed by atoms with Crippen molar-refractivity contribution in [1.29, 1.82) is 0 Å². The van der Waals surface area contributed by atoms with Crippen molar-refractivity contribution in [2.24, 2.45) is 0 Å². The van der Waals surface area contributed by atoms with Gasteiger partial charge < -0.3 is 0 Å². The zero-order valence-corrected chi connectivity index (χ0v) is 16.0. The Bertz CT molecular complexity index is 779. The average Bonchev–Trinajstić information content (AvgIpc) is 2.95. The second kappa shape index (κ2) is 6.36. The number of halogens is 7. The van der Waals surface area contributed by atoms with Crippen LogP contribution in [-0.2, 0) is 0 Å². The van der Waals surface area contributed by atoms with E-state index in [0.29, 0.717) is 0 Å². The van der Waals surface area contributed by atoms with Crippen molar-refractivity contribution in [2.45, 2.75) is 12.4 Å². The molecule has 0 atom stereocenters. The molecule has 0 bridgehead atoms. The van der Waals surface area contributed by atoms with Crippen LogP contribution in [0.1, 0.15) is 0 Å². The molecule has 0 spiro atoms. The third kappa shape index (κ3) is 3.26. The number of hydrogen-bond donors (Lipinski definition) is 0. The number of alkyl halides is 6. The fraction of sp³-hybridized carbons (Fsp3) is 0.125. The Hall–Kier alpha value is -0.820. The van der Waals surface area contributed by atoms with Gasteiger partial charge in [0, 0.05) is 0 Å². The van der Waals surface area contributed by atoms with E-state index in [9.17, 15) is 26.3 Å². The van der Waals surface area contributed by atoms with Crippen molar-refractivity contribution < 1.29 is 26.3 Å². The fourth-order valence-corrected chi connectivity index (χ4v) is 16.1. The Kier molecular flexibility index (Phi) is 4.88. The van der Waals surface area contributed by atoms with Gasteiger partial charge in [-0.25, -0.2) is 0 Å². The maximum absolute atomic E-state index is 13.5. The average molecular weight is 447 g/mol. The summed E-state index contributed by atoms with van der Waals surface area (Å²) < 4.78 is 76.3. The van der Waals surface area contributed by atoms with Gasteiger partial charge in [-0.2, -0.15) is 0 Å². The monoisotopic (exact) mass is 446 g/mol. The Labute approximate surface area is 158 Å². The molecule has 1 aliphatic heterocycles. The molecule has 10 heteroatoms. The molecular formula is C16H10ClF6PS2. The summed E-state index contributed by atoms with van der Waals surface area (Å²) in [7, 11) is 0. The summed E-state index contributed by atoms with van der Waals surface area (Å²) in [5, 5.41) is 0.504. The van der Waals surface area contributed by atoms with E-state index in [-0.39, 0.29) is 33.4 Å². The van der Waals surface area contributed by atoms with Crippen molar-refractivity contribution in [3.63, 3.8) is 0 Å². The van der Waals surface area contributed by atoms with Crippen LogP contribution < -0.4 is 10.6 Å². The number of benzene rings is 2. The third-order valence-electron chi connectivity index (χ3n) is 3.62. The van der Waals surface area contributed by atoms with Crippen LogP contribution in [-0.4, -0.2) is 12.4 Å². The van der Waals surface area contributed by atoms with Gasteiger partial charge in [-0.15, -0.1) is 0 Å². The van der Waals surface area contributed by atoms with Gasteiger partial charge in [0.15, 0.2) is 0 Å². The molecular weight excluding hydrogens is 437 g/mol. The molecule has 0 saturated heterocycles. The van der Waals surface area contributed by atoms with Crippen LogP contribution in [0.2, 0.25) is 0 Å². The molecule has 1 heterocycles. The topological polar surface area (TPSA) is 0 Å². The molecule has 0 radical (unpaired) electrons. The zero-order valence-electron chi connectivity index (χ0n) is 12.7. The summed E-state index contributed by atoms with van der Waals surface area (Å²) in [6.07, 6.45) is -10.3. The fourth-order valence-electron chi connectivity index (χ4n) is 2.51. The molecule has 0 saturated carbocycles. The molecule has 0 unspecified atom stereocenters. The van der Waals surface area contributed by atoms with Gasteiger partial charge in [-0.1, -0.05) is 0 Å². The summed E-state index contributed by atoms with van der Waals surface area (Å²) in [4.78, 5) is -3.37.